The van der Waals surface area contributed by atoms with E-state index in [4.69, 9.17) is 4.74 Å². The lowest BCUT2D eigenvalue weighted by molar-refractivity contribution is -0.131. The first-order valence-electron chi connectivity index (χ1n) is 10.5. The molecule has 6 nitrogen and oxygen atoms in total. The number of benzene rings is 2. The fraction of sp³-hybridized carbons (Fsp3) is 0.375. The molecule has 0 saturated carbocycles. The molecule has 3 rings (SSSR count). The monoisotopic (exact) mass is 438 g/mol. The van der Waals surface area contributed by atoms with E-state index in [9.17, 15) is 4.79 Å². The molecule has 0 N–H and O–H groups in total. The summed E-state index contributed by atoms with van der Waals surface area (Å²) in [6.45, 7) is 10.4. The van der Waals surface area contributed by atoms with Crippen LogP contribution in [0.2, 0.25) is 0 Å². The lowest BCUT2D eigenvalue weighted by Gasteiger charge is -2.30. The quantitative estimate of drug-likeness (QED) is 0.445. The van der Waals surface area contributed by atoms with Gasteiger partial charge in [-0.05, 0) is 58.4 Å². The van der Waals surface area contributed by atoms with Crippen LogP contribution in [-0.2, 0) is 11.4 Å². The summed E-state index contributed by atoms with van der Waals surface area (Å²) in [7, 11) is 0. The molecular formula is C24H30N4O2S. The van der Waals surface area contributed by atoms with E-state index >= 15 is 0 Å². The van der Waals surface area contributed by atoms with Crippen molar-refractivity contribution in [2.24, 2.45) is 0 Å². The minimum atomic E-state index is 0.0929. The number of carbonyl (C=O) groups is 1. The van der Waals surface area contributed by atoms with Gasteiger partial charge in [0, 0.05) is 17.8 Å². The summed E-state index contributed by atoms with van der Waals surface area (Å²) in [4.78, 5) is 14.7. The smallest absolute Gasteiger partial charge is 0.233 e. The van der Waals surface area contributed by atoms with Gasteiger partial charge in [-0.1, -0.05) is 48.2 Å². The second-order valence-electron chi connectivity index (χ2n) is 7.90. The summed E-state index contributed by atoms with van der Waals surface area (Å²) < 4.78 is 7.98. The van der Waals surface area contributed by atoms with Gasteiger partial charge in [0.25, 0.3) is 0 Å². The van der Waals surface area contributed by atoms with Crippen LogP contribution in [0, 0.1) is 6.92 Å². The van der Waals surface area contributed by atoms with Gasteiger partial charge in [-0.3, -0.25) is 9.36 Å². The standard InChI is InChI=1S/C24H30N4O2S/c1-17(2)27(18(3)4)23(29)16-31-24-26-25-22(28(24)20-12-7-6-8-13-20)15-30-21-14-10-9-11-19(21)5/h6-14,17-18H,15-16H2,1-5H3. The highest BCUT2D eigenvalue weighted by Gasteiger charge is 2.22. The predicted molar refractivity (Wildman–Crippen MR) is 125 cm³/mol. The molecule has 1 aromatic heterocycles. The summed E-state index contributed by atoms with van der Waals surface area (Å²) >= 11 is 1.40. The third kappa shape index (κ3) is 5.67. The Morgan fingerprint density at radius 1 is 1.00 bits per heavy atom. The SMILES string of the molecule is Cc1ccccc1OCc1nnc(SCC(=O)N(C(C)C)C(C)C)n1-c1ccccc1. The highest BCUT2D eigenvalue weighted by Crippen LogP contribution is 2.25. The summed E-state index contributed by atoms with van der Waals surface area (Å²) in [5, 5.41) is 9.42. The fourth-order valence-corrected chi connectivity index (χ4v) is 4.40. The third-order valence-electron chi connectivity index (χ3n) is 4.89. The number of rotatable bonds is 9. The predicted octanol–water partition coefficient (Wildman–Crippen LogP) is 4.89. The first-order chi connectivity index (χ1) is 14.9. The molecule has 0 radical (unpaired) electrons. The van der Waals surface area contributed by atoms with Crippen molar-refractivity contribution in [3.05, 3.63) is 66.0 Å². The Bertz CT molecular complexity index is 994. The molecule has 1 amide bonds. The highest BCUT2D eigenvalue weighted by molar-refractivity contribution is 7.99. The van der Waals surface area contributed by atoms with E-state index in [0.29, 0.717) is 16.7 Å². The van der Waals surface area contributed by atoms with Crippen molar-refractivity contribution < 1.29 is 9.53 Å². The minimum Gasteiger partial charge on any atom is -0.485 e. The molecule has 0 fully saturated rings. The number of hydrogen-bond acceptors (Lipinski definition) is 5. The highest BCUT2D eigenvalue weighted by atomic mass is 32.2. The van der Waals surface area contributed by atoms with Crippen LogP contribution in [-0.4, -0.2) is 43.4 Å². The lowest BCUT2D eigenvalue weighted by atomic mass is 10.2. The fourth-order valence-electron chi connectivity index (χ4n) is 3.56. The molecule has 7 heteroatoms. The first-order valence-corrected chi connectivity index (χ1v) is 11.5. The average molecular weight is 439 g/mol. The molecule has 0 aliphatic carbocycles. The molecule has 2 aromatic carbocycles. The molecular weight excluding hydrogens is 408 g/mol. The van der Waals surface area contributed by atoms with Crippen molar-refractivity contribution in [1.82, 2.24) is 19.7 Å². The third-order valence-corrected chi connectivity index (χ3v) is 5.80. The maximum absolute atomic E-state index is 12.8. The van der Waals surface area contributed by atoms with E-state index < -0.39 is 0 Å². The number of carbonyl (C=O) groups excluding carboxylic acids is 1. The zero-order valence-corrected chi connectivity index (χ0v) is 19.6. The summed E-state index contributed by atoms with van der Waals surface area (Å²) in [5.74, 6) is 1.91. The Morgan fingerprint density at radius 2 is 1.65 bits per heavy atom. The number of ether oxygens (including phenoxy) is 1. The molecule has 0 bridgehead atoms. The van der Waals surface area contributed by atoms with E-state index in [1.807, 2.05) is 98.7 Å². The van der Waals surface area contributed by atoms with Gasteiger partial charge in [0.15, 0.2) is 11.0 Å². The van der Waals surface area contributed by atoms with Crippen molar-refractivity contribution in [2.45, 2.75) is 58.5 Å². The van der Waals surface area contributed by atoms with E-state index in [1.165, 1.54) is 11.8 Å². The summed E-state index contributed by atoms with van der Waals surface area (Å²) in [6.07, 6.45) is 0. The van der Waals surface area contributed by atoms with E-state index in [2.05, 4.69) is 10.2 Å². The molecule has 164 valence electrons. The number of aryl methyl sites for hydroxylation is 1. The number of hydrogen-bond donors (Lipinski definition) is 0. The Balaban J connectivity index is 1.82. The van der Waals surface area contributed by atoms with Crippen LogP contribution in [0.4, 0.5) is 0 Å². The molecule has 3 aromatic rings. The Labute approximate surface area is 188 Å². The zero-order chi connectivity index (χ0) is 22.4. The van der Waals surface area contributed by atoms with Crippen molar-refractivity contribution in [3.63, 3.8) is 0 Å². The normalized spacial score (nSPS) is 11.2. The Morgan fingerprint density at radius 3 is 2.29 bits per heavy atom. The Kier molecular flexibility index (Phi) is 7.74. The van der Waals surface area contributed by atoms with Gasteiger partial charge in [0.1, 0.15) is 12.4 Å². The van der Waals surface area contributed by atoms with Gasteiger partial charge in [-0.2, -0.15) is 0 Å². The van der Waals surface area contributed by atoms with Gasteiger partial charge in [0.2, 0.25) is 5.91 Å². The van der Waals surface area contributed by atoms with E-state index in [-0.39, 0.29) is 24.6 Å². The van der Waals surface area contributed by atoms with Crippen LogP contribution in [0.5, 0.6) is 5.75 Å². The molecule has 31 heavy (non-hydrogen) atoms. The zero-order valence-electron chi connectivity index (χ0n) is 18.8. The van der Waals surface area contributed by atoms with E-state index in [1.54, 1.807) is 0 Å². The minimum absolute atomic E-state index is 0.0929. The second kappa shape index (κ2) is 10.5. The van der Waals surface area contributed by atoms with Crippen LogP contribution < -0.4 is 4.74 Å². The molecule has 0 saturated heterocycles. The van der Waals surface area contributed by atoms with Crippen molar-refractivity contribution in [3.8, 4) is 11.4 Å². The van der Waals surface area contributed by atoms with Crippen LogP contribution >= 0.6 is 11.8 Å². The maximum Gasteiger partial charge on any atom is 0.233 e. The Hall–Kier alpha value is -2.80. The molecule has 0 aliphatic rings. The van der Waals surface area contributed by atoms with Crippen LogP contribution in [0.15, 0.2) is 59.8 Å². The number of para-hydroxylation sites is 2. The molecule has 0 atom stereocenters. The summed E-state index contributed by atoms with van der Waals surface area (Å²) in [5.41, 5.74) is 2.01. The second-order valence-corrected chi connectivity index (χ2v) is 8.84. The van der Waals surface area contributed by atoms with Gasteiger partial charge < -0.3 is 9.64 Å². The number of nitrogens with zero attached hydrogens (tertiary/aromatic N) is 4. The number of aromatic nitrogens is 3. The maximum atomic E-state index is 12.8. The molecule has 1 heterocycles. The largest absolute Gasteiger partial charge is 0.485 e. The van der Waals surface area contributed by atoms with Gasteiger partial charge in [-0.15, -0.1) is 10.2 Å². The summed E-state index contributed by atoms with van der Waals surface area (Å²) in [6, 6.07) is 18.1. The first kappa shape index (κ1) is 22.9. The van der Waals surface area contributed by atoms with Crippen LogP contribution in [0.25, 0.3) is 5.69 Å². The van der Waals surface area contributed by atoms with Gasteiger partial charge in [-0.25, -0.2) is 0 Å². The lowest BCUT2D eigenvalue weighted by Crippen LogP contribution is -2.43. The number of thioether (sulfide) groups is 1. The van der Waals surface area contributed by atoms with Crippen LogP contribution in [0.3, 0.4) is 0 Å². The molecule has 0 spiro atoms. The number of amides is 1. The van der Waals surface area contributed by atoms with Gasteiger partial charge >= 0.3 is 0 Å². The van der Waals surface area contributed by atoms with Crippen molar-refractivity contribution in [2.75, 3.05) is 5.75 Å². The van der Waals surface area contributed by atoms with Crippen molar-refractivity contribution in [1.29, 1.82) is 0 Å². The van der Waals surface area contributed by atoms with Crippen molar-refractivity contribution >= 4 is 17.7 Å². The average Bonchev–Trinajstić information content (AvgIpc) is 3.14. The van der Waals surface area contributed by atoms with E-state index in [0.717, 1.165) is 17.0 Å². The topological polar surface area (TPSA) is 60.3 Å². The van der Waals surface area contributed by atoms with Crippen LogP contribution in [0.1, 0.15) is 39.1 Å². The van der Waals surface area contributed by atoms with Gasteiger partial charge in [0.05, 0.1) is 5.75 Å². The molecule has 0 unspecified atom stereocenters. The molecule has 0 aliphatic heterocycles.